The molecule has 3 heterocycles. The minimum Gasteiger partial charge on any atom is -0.379 e. The van der Waals surface area contributed by atoms with E-state index in [1.165, 1.54) is 0 Å². The van der Waals surface area contributed by atoms with Crippen molar-refractivity contribution in [2.24, 2.45) is 0 Å². The van der Waals surface area contributed by atoms with Gasteiger partial charge >= 0.3 is 0 Å². The molecule has 0 bridgehead atoms. The molecule has 0 saturated carbocycles. The average Bonchev–Trinajstić information content (AvgIpc) is 2.56. The molecule has 1 aliphatic heterocycles. The highest BCUT2D eigenvalue weighted by Crippen LogP contribution is 2.20. The van der Waals surface area contributed by atoms with Gasteiger partial charge in [0, 0.05) is 43.8 Å². The van der Waals surface area contributed by atoms with E-state index in [4.69, 9.17) is 10.00 Å². The molecule has 106 valence electrons. The van der Waals surface area contributed by atoms with Gasteiger partial charge < -0.3 is 4.74 Å². The van der Waals surface area contributed by atoms with Gasteiger partial charge in [-0.3, -0.25) is 14.9 Å². The van der Waals surface area contributed by atoms with Crippen molar-refractivity contribution in [1.82, 2.24) is 14.9 Å². The molecule has 0 amide bonds. The second-order valence-electron chi connectivity index (χ2n) is 5.00. The second kappa shape index (κ2) is 6.44. The lowest BCUT2D eigenvalue weighted by molar-refractivity contribution is 0.0336. The van der Waals surface area contributed by atoms with Crippen LogP contribution in [-0.4, -0.2) is 41.2 Å². The number of morpholine rings is 1. The van der Waals surface area contributed by atoms with Gasteiger partial charge in [0.05, 0.1) is 24.5 Å². The smallest absolute Gasteiger partial charge is 0.101 e. The van der Waals surface area contributed by atoms with Gasteiger partial charge in [-0.25, -0.2) is 0 Å². The van der Waals surface area contributed by atoms with Gasteiger partial charge in [0.25, 0.3) is 0 Å². The fraction of sp³-hybridized carbons (Fsp3) is 0.312. The van der Waals surface area contributed by atoms with Crippen LogP contribution in [0.2, 0.25) is 0 Å². The number of pyridine rings is 2. The van der Waals surface area contributed by atoms with Gasteiger partial charge in [0.2, 0.25) is 0 Å². The lowest BCUT2D eigenvalue weighted by atomic mass is 10.1. The Kier molecular flexibility index (Phi) is 4.20. The molecule has 0 spiro atoms. The maximum atomic E-state index is 8.96. The summed E-state index contributed by atoms with van der Waals surface area (Å²) in [4.78, 5) is 10.9. The first-order chi connectivity index (χ1) is 10.3. The molecule has 0 unspecified atom stereocenters. The molecule has 2 aromatic heterocycles. The maximum absolute atomic E-state index is 8.96. The number of rotatable bonds is 3. The van der Waals surface area contributed by atoms with Crippen LogP contribution in [0, 0.1) is 11.3 Å². The first-order valence-corrected chi connectivity index (χ1v) is 6.96. The Morgan fingerprint density at radius 3 is 2.86 bits per heavy atom. The Bertz CT molecular complexity index is 659. The lowest BCUT2D eigenvalue weighted by Crippen LogP contribution is -2.35. The maximum Gasteiger partial charge on any atom is 0.101 e. The summed E-state index contributed by atoms with van der Waals surface area (Å²) >= 11 is 0. The minimum atomic E-state index is 0.569. The van der Waals surface area contributed by atoms with Crippen molar-refractivity contribution in [3.8, 4) is 17.2 Å². The topological polar surface area (TPSA) is 62.0 Å². The van der Waals surface area contributed by atoms with Gasteiger partial charge in [0.15, 0.2) is 0 Å². The van der Waals surface area contributed by atoms with Gasteiger partial charge in [-0.1, -0.05) is 0 Å². The van der Waals surface area contributed by atoms with E-state index in [9.17, 15) is 0 Å². The normalized spacial score (nSPS) is 15.6. The molecular formula is C16H16N4O. The van der Waals surface area contributed by atoms with Crippen molar-refractivity contribution in [1.29, 1.82) is 5.26 Å². The molecule has 0 atom stereocenters. The summed E-state index contributed by atoms with van der Waals surface area (Å²) in [5.74, 6) is 0. The quantitative estimate of drug-likeness (QED) is 0.858. The van der Waals surface area contributed by atoms with Crippen molar-refractivity contribution in [2.75, 3.05) is 26.3 Å². The average molecular weight is 280 g/mol. The van der Waals surface area contributed by atoms with Gasteiger partial charge in [0.1, 0.15) is 6.07 Å². The van der Waals surface area contributed by atoms with Crippen LogP contribution in [0.5, 0.6) is 0 Å². The molecule has 5 nitrogen and oxygen atoms in total. The Hall–Kier alpha value is -2.29. The molecule has 0 aromatic carbocycles. The van der Waals surface area contributed by atoms with Crippen LogP contribution < -0.4 is 0 Å². The fourth-order valence-electron chi connectivity index (χ4n) is 2.39. The lowest BCUT2D eigenvalue weighted by Gasteiger charge is -2.26. The highest BCUT2D eigenvalue weighted by Gasteiger charge is 2.11. The zero-order valence-corrected chi connectivity index (χ0v) is 11.7. The SMILES string of the molecule is N#Cc1cncc(-c2ccnc(CN3CCOCC3)c2)c1. The van der Waals surface area contributed by atoms with Gasteiger partial charge in [-0.05, 0) is 23.8 Å². The van der Waals surface area contributed by atoms with Crippen LogP contribution in [0.25, 0.3) is 11.1 Å². The van der Waals surface area contributed by atoms with Gasteiger partial charge in [-0.15, -0.1) is 0 Å². The standard InChI is InChI=1S/C16H16N4O/c17-9-13-7-15(11-18-10-13)14-1-2-19-16(8-14)12-20-3-5-21-6-4-20/h1-2,7-8,10-11H,3-6,12H2. The molecule has 1 aliphatic rings. The van der Waals surface area contributed by atoms with E-state index in [1.54, 1.807) is 12.4 Å². The fourth-order valence-corrected chi connectivity index (χ4v) is 2.39. The molecule has 3 rings (SSSR count). The number of aromatic nitrogens is 2. The highest BCUT2D eigenvalue weighted by atomic mass is 16.5. The number of hydrogen-bond donors (Lipinski definition) is 0. The van der Waals surface area contributed by atoms with Crippen LogP contribution in [0.15, 0.2) is 36.8 Å². The van der Waals surface area contributed by atoms with Crippen LogP contribution in [0.4, 0.5) is 0 Å². The summed E-state index contributed by atoms with van der Waals surface area (Å²) in [6, 6.07) is 7.97. The summed E-state index contributed by atoms with van der Waals surface area (Å²) in [6.07, 6.45) is 5.15. The van der Waals surface area contributed by atoms with Crippen LogP contribution in [0.1, 0.15) is 11.3 Å². The van der Waals surface area contributed by atoms with Crippen LogP contribution in [-0.2, 0) is 11.3 Å². The zero-order chi connectivity index (χ0) is 14.5. The van der Waals surface area contributed by atoms with E-state index in [1.807, 2.05) is 18.3 Å². The second-order valence-corrected chi connectivity index (χ2v) is 5.00. The molecule has 5 heteroatoms. The number of nitriles is 1. The summed E-state index contributed by atoms with van der Waals surface area (Å²) in [6.45, 7) is 4.28. The minimum absolute atomic E-state index is 0.569. The molecule has 1 fully saturated rings. The van der Waals surface area contributed by atoms with Crippen LogP contribution >= 0.6 is 0 Å². The van der Waals surface area contributed by atoms with Crippen molar-refractivity contribution in [2.45, 2.75) is 6.54 Å². The Morgan fingerprint density at radius 1 is 1.19 bits per heavy atom. The van der Waals surface area contributed by atoms with E-state index in [0.29, 0.717) is 5.56 Å². The van der Waals surface area contributed by atoms with Crippen molar-refractivity contribution >= 4 is 0 Å². The third-order valence-electron chi connectivity index (χ3n) is 3.51. The third kappa shape index (κ3) is 3.43. The zero-order valence-electron chi connectivity index (χ0n) is 11.7. The monoisotopic (exact) mass is 280 g/mol. The van der Waals surface area contributed by atoms with Gasteiger partial charge in [-0.2, -0.15) is 5.26 Å². The Labute approximate surface area is 123 Å². The third-order valence-corrected chi connectivity index (χ3v) is 3.51. The molecule has 1 saturated heterocycles. The summed E-state index contributed by atoms with van der Waals surface area (Å²) in [5.41, 5.74) is 3.58. The van der Waals surface area contributed by atoms with Crippen molar-refractivity contribution in [3.63, 3.8) is 0 Å². The number of hydrogen-bond acceptors (Lipinski definition) is 5. The largest absolute Gasteiger partial charge is 0.379 e. The van der Waals surface area contributed by atoms with E-state index < -0.39 is 0 Å². The van der Waals surface area contributed by atoms with E-state index >= 15 is 0 Å². The number of nitrogens with zero attached hydrogens (tertiary/aromatic N) is 4. The van der Waals surface area contributed by atoms with Crippen molar-refractivity contribution < 1.29 is 4.74 Å². The molecular weight excluding hydrogens is 264 g/mol. The molecule has 2 aromatic rings. The summed E-state index contributed by atoms with van der Waals surface area (Å²) < 4.78 is 5.36. The Balaban J connectivity index is 1.80. The highest BCUT2D eigenvalue weighted by molar-refractivity contribution is 5.63. The summed E-state index contributed by atoms with van der Waals surface area (Å²) in [7, 11) is 0. The first kappa shape index (κ1) is 13.7. The van der Waals surface area contributed by atoms with Crippen LogP contribution in [0.3, 0.4) is 0 Å². The van der Waals surface area contributed by atoms with E-state index in [0.717, 1.165) is 49.7 Å². The summed E-state index contributed by atoms with van der Waals surface area (Å²) in [5, 5.41) is 8.96. The predicted molar refractivity (Wildman–Crippen MR) is 78.3 cm³/mol. The molecule has 21 heavy (non-hydrogen) atoms. The predicted octanol–water partition coefficient (Wildman–Crippen LogP) is 1.85. The first-order valence-electron chi connectivity index (χ1n) is 6.96. The Morgan fingerprint density at radius 2 is 2.05 bits per heavy atom. The molecule has 0 radical (unpaired) electrons. The van der Waals surface area contributed by atoms with E-state index in [2.05, 4.69) is 27.0 Å². The molecule has 0 N–H and O–H groups in total. The number of ether oxygens (including phenoxy) is 1. The van der Waals surface area contributed by atoms with E-state index in [-0.39, 0.29) is 0 Å². The molecule has 0 aliphatic carbocycles. The van der Waals surface area contributed by atoms with Crippen molar-refractivity contribution in [3.05, 3.63) is 48.0 Å².